The lowest BCUT2D eigenvalue weighted by Gasteiger charge is -2.28. The Morgan fingerprint density at radius 2 is 1.17 bits per heavy atom. The standard InChI is InChI=1S/C36H68NO8P/c1-6-8-10-12-14-15-16-17-18-19-20-21-23-25-27-29-36(39)45-34(33-44-46(40,41)43-31-30-37(3,4)5)32-42-35(38)28-26-24-22-13-11-9-7-2/h14-15,17-18,34H,6-13,16,19-33H2,1-5H3/b15-14-,18-17-/t34-/m1/s1. The molecule has 0 fully saturated rings. The molecular formula is C36H68NO8P. The maximum absolute atomic E-state index is 12.5. The minimum Gasteiger partial charge on any atom is -0.756 e. The number of likely N-dealkylation sites (N-methyl/N-ethyl adjacent to an activating group) is 1. The number of phosphoric ester groups is 1. The summed E-state index contributed by atoms with van der Waals surface area (Å²) in [6.45, 7) is 4.11. The van der Waals surface area contributed by atoms with E-state index in [1.165, 1.54) is 51.4 Å². The van der Waals surface area contributed by atoms with Crippen LogP contribution in [0.5, 0.6) is 0 Å². The van der Waals surface area contributed by atoms with E-state index in [2.05, 4.69) is 38.2 Å². The third-order valence-electron chi connectivity index (χ3n) is 7.47. The van der Waals surface area contributed by atoms with E-state index in [1.807, 2.05) is 21.1 Å². The molecule has 0 bridgehead atoms. The van der Waals surface area contributed by atoms with Gasteiger partial charge in [-0.1, -0.05) is 109 Å². The van der Waals surface area contributed by atoms with Crippen molar-refractivity contribution < 1.29 is 42.1 Å². The Labute approximate surface area is 281 Å². The van der Waals surface area contributed by atoms with Crippen molar-refractivity contribution in [3.05, 3.63) is 24.3 Å². The highest BCUT2D eigenvalue weighted by Crippen LogP contribution is 2.38. The van der Waals surface area contributed by atoms with Crippen LogP contribution in [0.15, 0.2) is 24.3 Å². The number of ether oxygens (including phenoxy) is 2. The Morgan fingerprint density at radius 1 is 0.674 bits per heavy atom. The molecule has 0 heterocycles. The van der Waals surface area contributed by atoms with Gasteiger partial charge in [0.05, 0.1) is 27.7 Å². The van der Waals surface area contributed by atoms with E-state index < -0.39 is 32.5 Å². The number of rotatable bonds is 32. The predicted molar refractivity (Wildman–Crippen MR) is 185 cm³/mol. The second-order valence-electron chi connectivity index (χ2n) is 13.2. The van der Waals surface area contributed by atoms with Gasteiger partial charge in [-0.25, -0.2) is 0 Å². The van der Waals surface area contributed by atoms with Crippen molar-refractivity contribution in [2.75, 3.05) is 47.5 Å². The molecule has 2 atom stereocenters. The molecule has 0 N–H and O–H groups in total. The largest absolute Gasteiger partial charge is 0.756 e. The number of hydrogen-bond acceptors (Lipinski definition) is 8. The zero-order valence-corrected chi connectivity index (χ0v) is 30.9. The fourth-order valence-electron chi connectivity index (χ4n) is 4.56. The molecule has 270 valence electrons. The van der Waals surface area contributed by atoms with Gasteiger partial charge in [-0.15, -0.1) is 0 Å². The molecule has 0 spiro atoms. The Bertz CT molecular complexity index is 855. The number of phosphoric acid groups is 1. The number of allylic oxidation sites excluding steroid dienone is 4. The fourth-order valence-corrected chi connectivity index (χ4v) is 5.29. The molecule has 46 heavy (non-hydrogen) atoms. The average molecular weight is 674 g/mol. The lowest BCUT2D eigenvalue weighted by molar-refractivity contribution is -0.870. The lowest BCUT2D eigenvalue weighted by Crippen LogP contribution is -2.37. The first-order valence-electron chi connectivity index (χ1n) is 18.0. The third kappa shape index (κ3) is 32.4. The minimum atomic E-state index is -4.61. The summed E-state index contributed by atoms with van der Waals surface area (Å²) in [6, 6.07) is 0. The van der Waals surface area contributed by atoms with E-state index in [1.54, 1.807) is 0 Å². The zero-order valence-electron chi connectivity index (χ0n) is 30.0. The van der Waals surface area contributed by atoms with Crippen molar-refractivity contribution in [1.82, 2.24) is 0 Å². The summed E-state index contributed by atoms with van der Waals surface area (Å²) in [5.41, 5.74) is 0. The van der Waals surface area contributed by atoms with Gasteiger partial charge in [-0.05, 0) is 44.9 Å². The number of carbonyl (C=O) groups is 2. The van der Waals surface area contributed by atoms with Gasteiger partial charge in [0.1, 0.15) is 19.8 Å². The van der Waals surface area contributed by atoms with Gasteiger partial charge in [0.2, 0.25) is 0 Å². The van der Waals surface area contributed by atoms with Crippen LogP contribution in [0.2, 0.25) is 0 Å². The number of hydrogen-bond donors (Lipinski definition) is 0. The molecule has 0 aliphatic carbocycles. The van der Waals surface area contributed by atoms with Crippen molar-refractivity contribution in [3.8, 4) is 0 Å². The lowest BCUT2D eigenvalue weighted by atomic mass is 10.1. The molecule has 0 aromatic heterocycles. The van der Waals surface area contributed by atoms with E-state index in [0.29, 0.717) is 17.4 Å². The van der Waals surface area contributed by atoms with Gasteiger partial charge >= 0.3 is 11.9 Å². The minimum absolute atomic E-state index is 0.0328. The molecule has 9 nitrogen and oxygen atoms in total. The predicted octanol–water partition coefficient (Wildman–Crippen LogP) is 8.60. The molecule has 0 rings (SSSR count). The fraction of sp³-hybridized carbons (Fsp3) is 0.833. The van der Waals surface area contributed by atoms with Crippen LogP contribution in [-0.4, -0.2) is 70.0 Å². The van der Waals surface area contributed by atoms with Crippen LogP contribution in [0.3, 0.4) is 0 Å². The second kappa shape index (κ2) is 29.6. The number of nitrogens with zero attached hydrogens (tertiary/aromatic N) is 1. The van der Waals surface area contributed by atoms with E-state index in [4.69, 9.17) is 18.5 Å². The molecule has 0 amide bonds. The topological polar surface area (TPSA) is 111 Å². The summed E-state index contributed by atoms with van der Waals surface area (Å²) in [5.74, 6) is -0.859. The Morgan fingerprint density at radius 3 is 1.76 bits per heavy atom. The number of quaternary nitrogens is 1. The normalized spacial score (nSPS) is 14.1. The van der Waals surface area contributed by atoms with E-state index >= 15 is 0 Å². The Hall–Kier alpha value is -1.51. The maximum atomic E-state index is 12.5. The Kier molecular flexibility index (Phi) is 28.6. The van der Waals surface area contributed by atoms with Crippen molar-refractivity contribution in [2.45, 2.75) is 148 Å². The van der Waals surface area contributed by atoms with Gasteiger partial charge in [0.15, 0.2) is 6.10 Å². The van der Waals surface area contributed by atoms with Crippen molar-refractivity contribution in [3.63, 3.8) is 0 Å². The smallest absolute Gasteiger partial charge is 0.306 e. The van der Waals surface area contributed by atoms with E-state index in [-0.39, 0.29) is 26.1 Å². The SMILES string of the molecule is CCCCC/C=C\C/C=C\CCCCCCCC(=O)O[C@H](COC(=O)CCCCCCCCC)COP(=O)([O-])OCC[N+](C)(C)C. The molecule has 10 heteroatoms. The van der Waals surface area contributed by atoms with Gasteiger partial charge in [0, 0.05) is 12.8 Å². The summed E-state index contributed by atoms with van der Waals surface area (Å²) >= 11 is 0. The van der Waals surface area contributed by atoms with Crippen LogP contribution in [-0.2, 0) is 32.7 Å². The highest BCUT2D eigenvalue weighted by molar-refractivity contribution is 7.45. The summed E-state index contributed by atoms with van der Waals surface area (Å²) in [5, 5.41) is 0. The van der Waals surface area contributed by atoms with Crippen molar-refractivity contribution in [2.24, 2.45) is 0 Å². The van der Waals surface area contributed by atoms with Crippen LogP contribution in [0, 0.1) is 0 Å². The monoisotopic (exact) mass is 673 g/mol. The van der Waals surface area contributed by atoms with Gasteiger partial charge in [-0.2, -0.15) is 0 Å². The number of carbonyl (C=O) groups excluding carboxylic acids is 2. The quantitative estimate of drug-likeness (QED) is 0.0230. The number of unbranched alkanes of at least 4 members (excludes halogenated alkanes) is 14. The first-order valence-corrected chi connectivity index (χ1v) is 19.5. The molecule has 0 saturated carbocycles. The molecule has 0 radical (unpaired) electrons. The Balaban J connectivity index is 4.45. The molecule has 1 unspecified atom stereocenters. The summed E-state index contributed by atoms with van der Waals surface area (Å²) in [6.07, 6.45) is 27.9. The molecule has 0 saturated heterocycles. The summed E-state index contributed by atoms with van der Waals surface area (Å²) in [7, 11) is 1.15. The second-order valence-corrected chi connectivity index (χ2v) is 14.6. The maximum Gasteiger partial charge on any atom is 0.306 e. The van der Waals surface area contributed by atoms with Gasteiger partial charge in [-0.3, -0.25) is 14.2 Å². The zero-order chi connectivity index (χ0) is 34.4. The molecule has 0 aromatic rings. The summed E-state index contributed by atoms with van der Waals surface area (Å²) < 4.78 is 33.6. The van der Waals surface area contributed by atoms with Crippen LogP contribution >= 0.6 is 7.82 Å². The van der Waals surface area contributed by atoms with E-state index in [0.717, 1.165) is 57.8 Å². The van der Waals surface area contributed by atoms with Crippen LogP contribution in [0.1, 0.15) is 142 Å². The third-order valence-corrected chi connectivity index (χ3v) is 8.44. The van der Waals surface area contributed by atoms with Gasteiger partial charge in [0.25, 0.3) is 7.82 Å². The average Bonchev–Trinajstić information content (AvgIpc) is 2.99. The first-order chi connectivity index (χ1) is 22.0. The molecule has 0 aliphatic rings. The number of esters is 2. The first kappa shape index (κ1) is 44.5. The van der Waals surface area contributed by atoms with Crippen LogP contribution in [0.25, 0.3) is 0 Å². The summed E-state index contributed by atoms with van der Waals surface area (Å²) in [4.78, 5) is 37.1. The molecule has 0 aliphatic heterocycles. The van der Waals surface area contributed by atoms with Crippen LogP contribution in [0.4, 0.5) is 0 Å². The van der Waals surface area contributed by atoms with Crippen molar-refractivity contribution in [1.29, 1.82) is 0 Å². The van der Waals surface area contributed by atoms with E-state index in [9.17, 15) is 19.0 Å². The highest BCUT2D eigenvalue weighted by atomic mass is 31.2. The van der Waals surface area contributed by atoms with Crippen molar-refractivity contribution >= 4 is 19.8 Å². The molecule has 0 aromatic carbocycles. The van der Waals surface area contributed by atoms with Crippen LogP contribution < -0.4 is 4.89 Å². The van der Waals surface area contributed by atoms with Gasteiger partial charge < -0.3 is 27.9 Å². The highest BCUT2D eigenvalue weighted by Gasteiger charge is 2.21. The molecular weight excluding hydrogens is 605 g/mol.